The van der Waals surface area contributed by atoms with E-state index in [1.165, 1.54) is 12.3 Å². The second kappa shape index (κ2) is 6.13. The quantitative estimate of drug-likeness (QED) is 0.553. The molecule has 0 unspecified atom stereocenters. The van der Waals surface area contributed by atoms with Crippen LogP contribution in [0.2, 0.25) is 0 Å². The summed E-state index contributed by atoms with van der Waals surface area (Å²) in [5, 5.41) is 11.5. The number of unbranched alkanes of at least 4 members (excludes halogenated alkanes) is 1. The van der Waals surface area contributed by atoms with Gasteiger partial charge in [0.15, 0.2) is 0 Å². The van der Waals surface area contributed by atoms with Gasteiger partial charge in [0.05, 0.1) is 5.39 Å². The molecule has 4 heteroatoms. The minimum absolute atomic E-state index is 0.155. The summed E-state index contributed by atoms with van der Waals surface area (Å²) in [5.41, 5.74) is 2.10. The summed E-state index contributed by atoms with van der Waals surface area (Å²) in [6.07, 6.45) is 4.10. The largest absolute Gasteiger partial charge is 0.508 e. The predicted octanol–water partition coefficient (Wildman–Crippen LogP) is 5.25. The van der Waals surface area contributed by atoms with Gasteiger partial charge in [0.1, 0.15) is 34.5 Å². The van der Waals surface area contributed by atoms with Crippen molar-refractivity contribution in [3.05, 3.63) is 64.5 Å². The van der Waals surface area contributed by atoms with Crippen molar-refractivity contribution in [1.82, 2.24) is 0 Å². The van der Waals surface area contributed by atoms with E-state index in [1.807, 2.05) is 30.3 Å². The number of hydrogen-bond donors (Lipinski definition) is 1. The third-order valence-corrected chi connectivity index (χ3v) is 4.46. The van der Waals surface area contributed by atoms with Gasteiger partial charge >= 0.3 is 0 Å². The number of aryl methyl sites for hydroxylation is 1. The number of para-hydroxylation sites is 1. The van der Waals surface area contributed by atoms with Crippen molar-refractivity contribution in [3.8, 4) is 17.1 Å². The van der Waals surface area contributed by atoms with Gasteiger partial charge in [-0.3, -0.25) is 4.79 Å². The zero-order valence-electron chi connectivity index (χ0n) is 13.9. The maximum atomic E-state index is 12.9. The summed E-state index contributed by atoms with van der Waals surface area (Å²) >= 11 is 0. The molecule has 25 heavy (non-hydrogen) atoms. The van der Waals surface area contributed by atoms with E-state index in [0.717, 1.165) is 35.8 Å². The molecule has 2 aromatic heterocycles. The standard InChI is InChI=1S/C21H18O4/c1-2-3-6-13-9-15-19(11-17(13)22)24-12-16(21(15)23)20-10-14-7-4-5-8-18(14)25-20/h4-5,7-12,22H,2-3,6H2,1H3. The SMILES string of the molecule is CCCCc1cc2c(=O)c(-c3cc4ccccc4o3)coc2cc1O. The molecule has 4 rings (SSSR count). The summed E-state index contributed by atoms with van der Waals surface area (Å²) in [5.74, 6) is 0.653. The molecule has 0 bridgehead atoms. The van der Waals surface area contributed by atoms with Gasteiger partial charge in [0, 0.05) is 11.5 Å². The van der Waals surface area contributed by atoms with Gasteiger partial charge in [-0.25, -0.2) is 0 Å². The zero-order chi connectivity index (χ0) is 17.4. The van der Waals surface area contributed by atoms with Crippen LogP contribution in [0.3, 0.4) is 0 Å². The van der Waals surface area contributed by atoms with Crippen LogP contribution >= 0.6 is 0 Å². The number of hydrogen-bond acceptors (Lipinski definition) is 4. The lowest BCUT2D eigenvalue weighted by Crippen LogP contribution is -2.05. The second-order valence-electron chi connectivity index (χ2n) is 6.21. The van der Waals surface area contributed by atoms with Gasteiger partial charge in [-0.05, 0) is 36.6 Å². The minimum Gasteiger partial charge on any atom is -0.508 e. The van der Waals surface area contributed by atoms with Crippen molar-refractivity contribution in [2.24, 2.45) is 0 Å². The number of furan rings is 1. The number of phenols is 1. The van der Waals surface area contributed by atoms with Gasteiger partial charge in [-0.2, -0.15) is 0 Å². The molecule has 1 N–H and O–H groups in total. The third-order valence-electron chi connectivity index (χ3n) is 4.46. The van der Waals surface area contributed by atoms with E-state index in [-0.39, 0.29) is 11.2 Å². The second-order valence-corrected chi connectivity index (χ2v) is 6.21. The van der Waals surface area contributed by atoms with E-state index < -0.39 is 0 Å². The molecule has 2 aromatic carbocycles. The predicted molar refractivity (Wildman–Crippen MR) is 98.0 cm³/mol. The fraction of sp³-hybridized carbons (Fsp3) is 0.190. The van der Waals surface area contributed by atoms with Crippen molar-refractivity contribution in [2.75, 3.05) is 0 Å². The first-order valence-corrected chi connectivity index (χ1v) is 8.43. The van der Waals surface area contributed by atoms with Crippen molar-refractivity contribution >= 4 is 21.9 Å². The van der Waals surface area contributed by atoms with Crippen LogP contribution in [0.5, 0.6) is 5.75 Å². The highest BCUT2D eigenvalue weighted by molar-refractivity contribution is 5.86. The third kappa shape index (κ3) is 2.70. The lowest BCUT2D eigenvalue weighted by molar-refractivity contribution is 0.465. The Hall–Kier alpha value is -3.01. The Labute approximate surface area is 144 Å². The van der Waals surface area contributed by atoms with Crippen molar-refractivity contribution < 1.29 is 13.9 Å². The van der Waals surface area contributed by atoms with Crippen LogP contribution in [0.15, 0.2) is 62.4 Å². The van der Waals surface area contributed by atoms with Crippen LogP contribution in [0, 0.1) is 0 Å². The fourth-order valence-corrected chi connectivity index (χ4v) is 3.06. The molecular weight excluding hydrogens is 316 g/mol. The molecule has 126 valence electrons. The van der Waals surface area contributed by atoms with Crippen molar-refractivity contribution in [2.45, 2.75) is 26.2 Å². The zero-order valence-corrected chi connectivity index (χ0v) is 13.9. The summed E-state index contributed by atoms with van der Waals surface area (Å²) in [6, 6.07) is 12.7. The molecule has 0 amide bonds. The van der Waals surface area contributed by atoms with Crippen LogP contribution in [0.25, 0.3) is 33.3 Å². The molecule has 0 saturated heterocycles. The van der Waals surface area contributed by atoms with Gasteiger partial charge in [-0.1, -0.05) is 31.5 Å². The monoisotopic (exact) mass is 334 g/mol. The highest BCUT2D eigenvalue weighted by atomic mass is 16.3. The molecule has 4 nitrogen and oxygen atoms in total. The molecule has 4 aromatic rings. The van der Waals surface area contributed by atoms with Crippen LogP contribution in [0.4, 0.5) is 0 Å². The van der Waals surface area contributed by atoms with Crippen LogP contribution in [0.1, 0.15) is 25.3 Å². The van der Waals surface area contributed by atoms with Crippen LogP contribution in [-0.2, 0) is 6.42 Å². The Bertz CT molecular complexity index is 1080. The summed E-state index contributed by atoms with van der Waals surface area (Å²) in [7, 11) is 0. The minimum atomic E-state index is -0.155. The lowest BCUT2D eigenvalue weighted by atomic mass is 10.0. The van der Waals surface area contributed by atoms with E-state index >= 15 is 0 Å². The number of aromatic hydroxyl groups is 1. The number of benzene rings is 2. The Morgan fingerprint density at radius 1 is 1.08 bits per heavy atom. The molecule has 0 atom stereocenters. The lowest BCUT2D eigenvalue weighted by Gasteiger charge is -2.06. The Morgan fingerprint density at radius 3 is 2.72 bits per heavy atom. The molecule has 0 saturated carbocycles. The van der Waals surface area contributed by atoms with Gasteiger partial charge in [0.2, 0.25) is 5.43 Å². The average Bonchev–Trinajstić information content (AvgIpc) is 3.04. The Balaban J connectivity index is 1.89. The molecule has 0 aliphatic carbocycles. The normalized spacial score (nSPS) is 11.4. The number of phenolic OH excluding ortho intramolecular Hbond substituents is 1. The molecule has 0 fully saturated rings. The van der Waals surface area contributed by atoms with Crippen LogP contribution in [-0.4, -0.2) is 5.11 Å². The Morgan fingerprint density at radius 2 is 1.92 bits per heavy atom. The first-order valence-electron chi connectivity index (χ1n) is 8.43. The maximum Gasteiger partial charge on any atom is 0.203 e. The van der Waals surface area contributed by atoms with Gasteiger partial charge in [-0.15, -0.1) is 0 Å². The molecular formula is C21H18O4. The fourth-order valence-electron chi connectivity index (χ4n) is 3.06. The van der Waals surface area contributed by atoms with E-state index in [1.54, 1.807) is 6.07 Å². The van der Waals surface area contributed by atoms with Crippen molar-refractivity contribution in [3.63, 3.8) is 0 Å². The van der Waals surface area contributed by atoms with Crippen LogP contribution < -0.4 is 5.43 Å². The number of fused-ring (bicyclic) bond motifs is 2. The maximum absolute atomic E-state index is 12.9. The molecule has 2 heterocycles. The Kier molecular flexibility index (Phi) is 3.80. The molecule has 0 aliphatic rings. The average molecular weight is 334 g/mol. The van der Waals surface area contributed by atoms with E-state index in [4.69, 9.17) is 8.83 Å². The molecule has 0 radical (unpaired) electrons. The summed E-state index contributed by atoms with van der Waals surface area (Å²) in [6.45, 7) is 2.09. The first-order chi connectivity index (χ1) is 12.2. The number of rotatable bonds is 4. The van der Waals surface area contributed by atoms with E-state index in [0.29, 0.717) is 22.3 Å². The highest BCUT2D eigenvalue weighted by Crippen LogP contribution is 2.29. The highest BCUT2D eigenvalue weighted by Gasteiger charge is 2.15. The topological polar surface area (TPSA) is 63.6 Å². The molecule has 0 aliphatic heterocycles. The first kappa shape index (κ1) is 15.5. The molecule has 0 spiro atoms. The van der Waals surface area contributed by atoms with Crippen molar-refractivity contribution in [1.29, 1.82) is 0 Å². The van der Waals surface area contributed by atoms with E-state index in [2.05, 4.69) is 6.92 Å². The van der Waals surface area contributed by atoms with E-state index in [9.17, 15) is 9.90 Å². The van der Waals surface area contributed by atoms with Gasteiger partial charge < -0.3 is 13.9 Å². The summed E-state index contributed by atoms with van der Waals surface area (Å²) in [4.78, 5) is 12.9. The van der Waals surface area contributed by atoms with Gasteiger partial charge in [0.25, 0.3) is 0 Å². The summed E-state index contributed by atoms with van der Waals surface area (Å²) < 4.78 is 11.4. The smallest absolute Gasteiger partial charge is 0.203 e.